The summed E-state index contributed by atoms with van der Waals surface area (Å²) in [7, 11) is 0. The Morgan fingerprint density at radius 1 is 0.970 bits per heavy atom. The fourth-order valence-corrected chi connectivity index (χ4v) is 4.31. The number of nitrogens with one attached hydrogen (secondary N) is 2. The number of nitrogens with zero attached hydrogens (tertiary/aromatic N) is 3. The third-order valence-electron chi connectivity index (χ3n) is 4.87. The second-order valence-corrected chi connectivity index (χ2v) is 8.94. The second-order valence-electron chi connectivity index (χ2n) is 7.45. The van der Waals surface area contributed by atoms with Crippen molar-refractivity contribution in [3.63, 3.8) is 0 Å². The van der Waals surface area contributed by atoms with Gasteiger partial charge in [0.1, 0.15) is 0 Å². The number of para-hydroxylation sites is 1. The number of benzene rings is 3. The molecule has 0 radical (unpaired) electrons. The molecule has 1 amide bonds. The topological polar surface area (TPSA) is 71.8 Å². The first kappa shape index (κ1) is 22.9. The van der Waals surface area contributed by atoms with Gasteiger partial charge >= 0.3 is 0 Å². The molecule has 3 aromatic carbocycles. The standard InChI is InChI=1S/C25H24ClN5OS/c1-18-6-5-7-21(16-18)28-24(32)14-15-33-25-30-29-23(31(25)22-8-3-2-4-9-22)17-27-20-12-10-19(26)11-13-20/h2-13,16,27H,14-15,17H2,1H3,(H,28,32). The molecule has 0 saturated carbocycles. The van der Waals surface area contributed by atoms with Crippen LogP contribution in [0.5, 0.6) is 0 Å². The van der Waals surface area contributed by atoms with Crippen LogP contribution < -0.4 is 10.6 Å². The van der Waals surface area contributed by atoms with Gasteiger partial charge in [0.2, 0.25) is 5.91 Å². The third-order valence-corrected chi connectivity index (χ3v) is 6.05. The molecule has 0 spiro atoms. The van der Waals surface area contributed by atoms with E-state index in [4.69, 9.17) is 11.6 Å². The summed E-state index contributed by atoms with van der Waals surface area (Å²) < 4.78 is 2.02. The predicted octanol–water partition coefficient (Wildman–Crippen LogP) is 5.96. The van der Waals surface area contributed by atoms with Crippen molar-refractivity contribution in [2.45, 2.75) is 25.0 Å². The Labute approximate surface area is 202 Å². The minimum Gasteiger partial charge on any atom is -0.378 e. The van der Waals surface area contributed by atoms with Crippen LogP contribution in [0.2, 0.25) is 5.02 Å². The van der Waals surface area contributed by atoms with Crippen LogP contribution in [0, 0.1) is 6.92 Å². The monoisotopic (exact) mass is 477 g/mol. The summed E-state index contributed by atoms with van der Waals surface area (Å²) in [6, 6.07) is 25.3. The quantitative estimate of drug-likeness (QED) is 0.291. The van der Waals surface area contributed by atoms with Crippen LogP contribution in [-0.4, -0.2) is 26.4 Å². The molecule has 1 aromatic heterocycles. The van der Waals surface area contributed by atoms with Gasteiger partial charge in [-0.25, -0.2) is 0 Å². The van der Waals surface area contributed by atoms with Crippen molar-refractivity contribution in [2.75, 3.05) is 16.4 Å². The van der Waals surface area contributed by atoms with Gasteiger partial charge in [0.15, 0.2) is 11.0 Å². The number of rotatable bonds is 9. The lowest BCUT2D eigenvalue weighted by Gasteiger charge is -2.11. The lowest BCUT2D eigenvalue weighted by atomic mass is 10.2. The highest BCUT2D eigenvalue weighted by molar-refractivity contribution is 7.99. The van der Waals surface area contributed by atoms with Crippen molar-refractivity contribution in [1.29, 1.82) is 0 Å². The average molecular weight is 478 g/mol. The van der Waals surface area contributed by atoms with Crippen LogP contribution in [0.3, 0.4) is 0 Å². The minimum absolute atomic E-state index is 0.0245. The molecular weight excluding hydrogens is 454 g/mol. The lowest BCUT2D eigenvalue weighted by molar-refractivity contribution is -0.115. The van der Waals surface area contributed by atoms with E-state index < -0.39 is 0 Å². The maximum absolute atomic E-state index is 12.4. The molecule has 1 heterocycles. The van der Waals surface area contributed by atoms with Gasteiger partial charge in [0, 0.05) is 34.3 Å². The fourth-order valence-electron chi connectivity index (χ4n) is 3.27. The zero-order valence-corrected chi connectivity index (χ0v) is 19.7. The maximum Gasteiger partial charge on any atom is 0.225 e. The van der Waals surface area contributed by atoms with E-state index in [1.807, 2.05) is 90.4 Å². The van der Waals surface area contributed by atoms with Gasteiger partial charge in [0.05, 0.1) is 6.54 Å². The average Bonchev–Trinajstić information content (AvgIpc) is 3.22. The van der Waals surface area contributed by atoms with Crippen LogP contribution in [0.1, 0.15) is 17.8 Å². The fraction of sp³-hybridized carbons (Fsp3) is 0.160. The van der Waals surface area contributed by atoms with Gasteiger partial charge in [-0.1, -0.05) is 53.7 Å². The Balaban J connectivity index is 1.42. The first-order chi connectivity index (χ1) is 16.1. The van der Waals surface area contributed by atoms with Gasteiger partial charge in [-0.15, -0.1) is 10.2 Å². The summed E-state index contributed by atoms with van der Waals surface area (Å²) in [6.07, 6.45) is 0.374. The first-order valence-corrected chi connectivity index (χ1v) is 11.9. The molecule has 6 nitrogen and oxygen atoms in total. The zero-order chi connectivity index (χ0) is 23.0. The Bertz CT molecular complexity index is 1210. The highest BCUT2D eigenvalue weighted by atomic mass is 35.5. The summed E-state index contributed by atoms with van der Waals surface area (Å²) >= 11 is 7.49. The number of carbonyl (C=O) groups is 1. The Kier molecular flexibility index (Phi) is 7.65. The van der Waals surface area contributed by atoms with Gasteiger partial charge < -0.3 is 10.6 Å². The van der Waals surface area contributed by atoms with Crippen molar-refractivity contribution in [3.05, 3.63) is 95.3 Å². The maximum atomic E-state index is 12.4. The van der Waals surface area contributed by atoms with Crippen LogP contribution >= 0.6 is 23.4 Å². The largest absolute Gasteiger partial charge is 0.378 e. The van der Waals surface area contributed by atoms with Crippen molar-refractivity contribution >= 4 is 40.6 Å². The summed E-state index contributed by atoms with van der Waals surface area (Å²) in [5.74, 6) is 1.35. The summed E-state index contributed by atoms with van der Waals surface area (Å²) in [5.41, 5.74) is 3.84. The molecule has 168 valence electrons. The Morgan fingerprint density at radius 3 is 2.52 bits per heavy atom. The Hall–Kier alpha value is -3.29. The van der Waals surface area contributed by atoms with E-state index in [2.05, 4.69) is 20.8 Å². The molecule has 0 atom stereocenters. The lowest BCUT2D eigenvalue weighted by Crippen LogP contribution is -2.12. The highest BCUT2D eigenvalue weighted by Crippen LogP contribution is 2.24. The SMILES string of the molecule is Cc1cccc(NC(=O)CCSc2nnc(CNc3ccc(Cl)cc3)n2-c2ccccc2)c1. The number of halogens is 1. The third kappa shape index (κ3) is 6.37. The number of hydrogen-bond donors (Lipinski definition) is 2. The van der Waals surface area contributed by atoms with E-state index >= 15 is 0 Å². The van der Waals surface area contributed by atoms with Crippen LogP contribution in [-0.2, 0) is 11.3 Å². The van der Waals surface area contributed by atoms with E-state index in [1.165, 1.54) is 11.8 Å². The molecule has 0 aliphatic heterocycles. The number of thioether (sulfide) groups is 1. The molecule has 0 bridgehead atoms. The highest BCUT2D eigenvalue weighted by Gasteiger charge is 2.15. The van der Waals surface area contributed by atoms with Crippen molar-refractivity contribution < 1.29 is 4.79 Å². The van der Waals surface area contributed by atoms with Gasteiger partial charge in [-0.05, 0) is 61.0 Å². The molecular formula is C25H24ClN5OS. The first-order valence-electron chi connectivity index (χ1n) is 10.6. The number of amides is 1. The van der Waals surface area contributed by atoms with Gasteiger partial charge in [-0.3, -0.25) is 9.36 Å². The zero-order valence-electron chi connectivity index (χ0n) is 18.2. The van der Waals surface area contributed by atoms with E-state index in [-0.39, 0.29) is 5.91 Å². The van der Waals surface area contributed by atoms with E-state index in [0.717, 1.165) is 33.6 Å². The number of anilines is 2. The summed E-state index contributed by atoms with van der Waals surface area (Å²) in [5, 5.41) is 16.5. The molecule has 8 heteroatoms. The normalized spacial score (nSPS) is 10.7. The summed E-state index contributed by atoms with van der Waals surface area (Å²) in [6.45, 7) is 2.50. The molecule has 33 heavy (non-hydrogen) atoms. The Morgan fingerprint density at radius 2 is 1.76 bits per heavy atom. The number of carbonyl (C=O) groups excluding carboxylic acids is 1. The molecule has 0 fully saturated rings. The molecule has 0 unspecified atom stereocenters. The van der Waals surface area contributed by atoms with Crippen LogP contribution in [0.25, 0.3) is 5.69 Å². The number of hydrogen-bond acceptors (Lipinski definition) is 5. The molecule has 0 aliphatic carbocycles. The number of aryl methyl sites for hydroxylation is 1. The predicted molar refractivity (Wildman–Crippen MR) is 135 cm³/mol. The van der Waals surface area contributed by atoms with Crippen molar-refractivity contribution in [2.24, 2.45) is 0 Å². The van der Waals surface area contributed by atoms with Gasteiger partial charge in [-0.2, -0.15) is 0 Å². The minimum atomic E-state index is -0.0245. The van der Waals surface area contributed by atoms with Crippen molar-refractivity contribution in [3.8, 4) is 5.69 Å². The van der Waals surface area contributed by atoms with E-state index in [1.54, 1.807) is 0 Å². The van der Waals surface area contributed by atoms with E-state index in [9.17, 15) is 4.79 Å². The van der Waals surface area contributed by atoms with Crippen LogP contribution in [0.4, 0.5) is 11.4 Å². The molecule has 2 N–H and O–H groups in total. The molecule has 0 saturated heterocycles. The van der Waals surface area contributed by atoms with Crippen LogP contribution in [0.15, 0.2) is 84.0 Å². The molecule has 0 aliphatic rings. The smallest absolute Gasteiger partial charge is 0.225 e. The molecule has 4 rings (SSSR count). The molecule has 4 aromatic rings. The van der Waals surface area contributed by atoms with E-state index in [0.29, 0.717) is 23.7 Å². The summed E-state index contributed by atoms with van der Waals surface area (Å²) in [4.78, 5) is 12.4. The van der Waals surface area contributed by atoms with Crippen molar-refractivity contribution in [1.82, 2.24) is 14.8 Å². The van der Waals surface area contributed by atoms with Gasteiger partial charge in [0.25, 0.3) is 0 Å². The second kappa shape index (κ2) is 11.0. The number of aromatic nitrogens is 3.